The van der Waals surface area contributed by atoms with Gasteiger partial charge in [0.25, 0.3) is 0 Å². The zero-order valence-corrected chi connectivity index (χ0v) is 8.73. The van der Waals surface area contributed by atoms with Gasteiger partial charge in [0.05, 0.1) is 12.7 Å². The fraction of sp³-hybridized carbons (Fsp3) is 0.333. The summed E-state index contributed by atoms with van der Waals surface area (Å²) in [5.74, 6) is -1.78. The van der Waals surface area contributed by atoms with Crippen LogP contribution in [-0.4, -0.2) is 22.5 Å². The van der Waals surface area contributed by atoms with Crippen LogP contribution in [0.25, 0.3) is 0 Å². The number of rotatable bonds is 3. The van der Waals surface area contributed by atoms with Crippen LogP contribution in [0.3, 0.4) is 0 Å². The summed E-state index contributed by atoms with van der Waals surface area (Å²) in [6, 6.07) is 1.78. The fourth-order valence-electron chi connectivity index (χ4n) is 0.977. The summed E-state index contributed by atoms with van der Waals surface area (Å²) in [7, 11) is 0. The van der Waals surface area contributed by atoms with E-state index >= 15 is 0 Å². The number of nitrogens with zero attached hydrogens (tertiary/aromatic N) is 3. The Labute approximate surface area is 91.7 Å². The van der Waals surface area contributed by atoms with Crippen molar-refractivity contribution < 1.29 is 9.53 Å². The van der Waals surface area contributed by atoms with Gasteiger partial charge in [-0.25, -0.2) is 4.98 Å². The van der Waals surface area contributed by atoms with Crippen molar-refractivity contribution in [2.45, 2.75) is 12.8 Å². The summed E-state index contributed by atoms with van der Waals surface area (Å²) in [5.41, 5.74) is 0.125. The van der Waals surface area contributed by atoms with Crippen molar-refractivity contribution in [3.8, 4) is 6.07 Å². The average Bonchev–Trinajstić information content (AvgIpc) is 2.22. The molecule has 1 rings (SSSR count). The Bertz CT molecular complexity index is 403. The number of aromatic nitrogens is 2. The normalized spacial score (nSPS) is 11.5. The van der Waals surface area contributed by atoms with Gasteiger partial charge < -0.3 is 4.74 Å². The largest absolute Gasteiger partial charge is 0.465 e. The quantitative estimate of drug-likeness (QED) is 0.725. The molecule has 0 aliphatic rings. The highest BCUT2D eigenvalue weighted by atomic mass is 35.5. The molecule has 0 amide bonds. The molecule has 15 heavy (non-hydrogen) atoms. The van der Waals surface area contributed by atoms with E-state index in [1.165, 1.54) is 12.4 Å². The molecule has 0 saturated carbocycles. The first-order valence-corrected chi connectivity index (χ1v) is 4.61. The van der Waals surface area contributed by atoms with Crippen LogP contribution in [0.4, 0.5) is 0 Å². The molecule has 0 aromatic carbocycles. The van der Waals surface area contributed by atoms with E-state index in [0.717, 1.165) is 0 Å². The molecule has 1 heterocycles. The molecular formula is C9H8ClN3O2. The Balaban J connectivity index is 2.99. The summed E-state index contributed by atoms with van der Waals surface area (Å²) in [6.45, 7) is 1.86. The molecule has 0 saturated heterocycles. The molecule has 0 fully saturated rings. The SMILES string of the molecule is CCOC(=O)[C@H](C#N)c1nccnc1Cl. The van der Waals surface area contributed by atoms with Crippen molar-refractivity contribution in [2.24, 2.45) is 0 Å². The molecule has 0 N–H and O–H groups in total. The van der Waals surface area contributed by atoms with E-state index in [-0.39, 0.29) is 17.5 Å². The van der Waals surface area contributed by atoms with Crippen LogP contribution in [0.1, 0.15) is 18.5 Å². The van der Waals surface area contributed by atoms with Crippen LogP contribution in [0, 0.1) is 11.3 Å². The first-order valence-electron chi connectivity index (χ1n) is 4.23. The molecular weight excluding hydrogens is 218 g/mol. The lowest BCUT2D eigenvalue weighted by atomic mass is 10.1. The molecule has 6 heteroatoms. The van der Waals surface area contributed by atoms with Gasteiger partial charge in [0, 0.05) is 12.4 Å². The summed E-state index contributed by atoms with van der Waals surface area (Å²) in [6.07, 6.45) is 2.75. The van der Waals surface area contributed by atoms with Gasteiger partial charge in [0.2, 0.25) is 0 Å². The Hall–Kier alpha value is -1.67. The maximum Gasteiger partial charge on any atom is 0.329 e. The predicted octanol–water partition coefficient (Wildman–Crippen LogP) is 1.30. The molecule has 1 atom stereocenters. The van der Waals surface area contributed by atoms with Gasteiger partial charge >= 0.3 is 5.97 Å². The van der Waals surface area contributed by atoms with Gasteiger partial charge in [-0.2, -0.15) is 5.26 Å². The molecule has 0 radical (unpaired) electrons. The van der Waals surface area contributed by atoms with Crippen molar-refractivity contribution in [3.05, 3.63) is 23.2 Å². The summed E-state index contributed by atoms with van der Waals surface area (Å²) < 4.78 is 4.72. The van der Waals surface area contributed by atoms with Crippen molar-refractivity contribution >= 4 is 17.6 Å². The number of hydrogen-bond acceptors (Lipinski definition) is 5. The zero-order valence-electron chi connectivity index (χ0n) is 7.98. The molecule has 0 spiro atoms. The monoisotopic (exact) mass is 225 g/mol. The molecule has 0 aliphatic carbocycles. The number of carbonyl (C=O) groups excluding carboxylic acids is 1. The Morgan fingerprint density at radius 1 is 1.67 bits per heavy atom. The van der Waals surface area contributed by atoms with Gasteiger partial charge in [0.15, 0.2) is 11.1 Å². The highest BCUT2D eigenvalue weighted by molar-refractivity contribution is 6.30. The van der Waals surface area contributed by atoms with E-state index in [9.17, 15) is 4.79 Å². The smallest absolute Gasteiger partial charge is 0.329 e. The summed E-state index contributed by atoms with van der Waals surface area (Å²) in [4.78, 5) is 18.9. The Morgan fingerprint density at radius 2 is 2.33 bits per heavy atom. The highest BCUT2D eigenvalue weighted by Crippen LogP contribution is 2.20. The lowest BCUT2D eigenvalue weighted by Crippen LogP contribution is -2.16. The molecule has 1 aromatic heterocycles. The number of halogens is 1. The first-order chi connectivity index (χ1) is 7.20. The molecule has 0 bridgehead atoms. The molecule has 0 unspecified atom stereocenters. The second-order valence-corrected chi connectivity index (χ2v) is 2.90. The summed E-state index contributed by atoms with van der Waals surface area (Å²) in [5, 5.41) is 8.86. The molecule has 1 aromatic rings. The van der Waals surface area contributed by atoms with E-state index < -0.39 is 11.9 Å². The van der Waals surface area contributed by atoms with Crippen LogP contribution < -0.4 is 0 Å². The van der Waals surface area contributed by atoms with Gasteiger partial charge in [0.1, 0.15) is 5.69 Å². The third-order valence-corrected chi connectivity index (χ3v) is 1.90. The maximum atomic E-state index is 11.4. The second kappa shape index (κ2) is 5.27. The minimum atomic E-state index is -1.12. The maximum absolute atomic E-state index is 11.4. The fourth-order valence-corrected chi connectivity index (χ4v) is 1.19. The first kappa shape index (κ1) is 11.4. The summed E-state index contributed by atoms with van der Waals surface area (Å²) >= 11 is 5.71. The minimum Gasteiger partial charge on any atom is -0.465 e. The lowest BCUT2D eigenvalue weighted by molar-refractivity contribution is -0.143. The highest BCUT2D eigenvalue weighted by Gasteiger charge is 2.25. The van der Waals surface area contributed by atoms with E-state index in [0.29, 0.717) is 0 Å². The van der Waals surface area contributed by atoms with E-state index in [1.54, 1.807) is 13.0 Å². The van der Waals surface area contributed by atoms with Crippen LogP contribution in [0.5, 0.6) is 0 Å². The van der Waals surface area contributed by atoms with Crippen LogP contribution in [0.2, 0.25) is 5.15 Å². The van der Waals surface area contributed by atoms with E-state index in [4.69, 9.17) is 21.6 Å². The zero-order chi connectivity index (χ0) is 11.3. The minimum absolute atomic E-state index is 0.0390. The van der Waals surface area contributed by atoms with Gasteiger partial charge in [-0.05, 0) is 6.92 Å². The number of esters is 1. The van der Waals surface area contributed by atoms with Crippen molar-refractivity contribution in [2.75, 3.05) is 6.61 Å². The average molecular weight is 226 g/mol. The van der Waals surface area contributed by atoms with Gasteiger partial charge in [-0.3, -0.25) is 9.78 Å². The topological polar surface area (TPSA) is 75.9 Å². The van der Waals surface area contributed by atoms with Gasteiger partial charge in [-0.1, -0.05) is 11.6 Å². The Kier molecular flexibility index (Phi) is 4.01. The second-order valence-electron chi connectivity index (χ2n) is 2.55. The van der Waals surface area contributed by atoms with Crippen molar-refractivity contribution in [1.29, 1.82) is 5.26 Å². The molecule has 0 aliphatic heterocycles. The van der Waals surface area contributed by atoms with Crippen LogP contribution in [0.15, 0.2) is 12.4 Å². The Morgan fingerprint density at radius 3 is 2.87 bits per heavy atom. The third kappa shape index (κ3) is 2.64. The van der Waals surface area contributed by atoms with Crippen molar-refractivity contribution in [1.82, 2.24) is 9.97 Å². The van der Waals surface area contributed by atoms with Crippen LogP contribution in [-0.2, 0) is 9.53 Å². The van der Waals surface area contributed by atoms with E-state index in [2.05, 4.69) is 9.97 Å². The number of hydrogen-bond donors (Lipinski definition) is 0. The third-order valence-electron chi connectivity index (χ3n) is 1.60. The standard InChI is InChI=1S/C9H8ClN3O2/c1-2-15-9(14)6(5-11)7-8(10)13-4-3-12-7/h3-4,6H,2H2,1H3/t6-/m1/s1. The number of carbonyl (C=O) groups is 1. The predicted molar refractivity (Wildman–Crippen MR) is 52.0 cm³/mol. The lowest BCUT2D eigenvalue weighted by Gasteiger charge is -2.07. The molecule has 78 valence electrons. The van der Waals surface area contributed by atoms with Gasteiger partial charge in [-0.15, -0.1) is 0 Å². The van der Waals surface area contributed by atoms with Crippen molar-refractivity contribution in [3.63, 3.8) is 0 Å². The van der Waals surface area contributed by atoms with Crippen LogP contribution >= 0.6 is 11.6 Å². The number of ether oxygens (including phenoxy) is 1. The van der Waals surface area contributed by atoms with E-state index in [1.807, 2.05) is 0 Å². The number of nitriles is 1. The molecule has 5 nitrogen and oxygen atoms in total.